The lowest BCUT2D eigenvalue weighted by molar-refractivity contribution is -0.884. The maximum atomic E-state index is 12.2. The van der Waals surface area contributed by atoms with Crippen LogP contribution in [0.4, 0.5) is 0 Å². The number of benzene rings is 1. The fourth-order valence-corrected chi connectivity index (χ4v) is 6.01. The Morgan fingerprint density at radius 3 is 2.42 bits per heavy atom. The van der Waals surface area contributed by atoms with E-state index in [4.69, 9.17) is 0 Å². The SMILES string of the molecule is C[C@@H](O)[C@H]1C(=O)N2C(C(=O)O)=C(Sc3ccc(C[N+](C)(C)C)cc3)S[C@H]12. The molecule has 8 heteroatoms. The molecule has 3 atom stereocenters. The molecule has 1 aromatic carbocycles. The Morgan fingerprint density at radius 1 is 1.31 bits per heavy atom. The topological polar surface area (TPSA) is 77.8 Å². The first-order valence-corrected chi connectivity index (χ1v) is 10.0. The van der Waals surface area contributed by atoms with Gasteiger partial charge in [0, 0.05) is 10.5 Å². The number of aliphatic hydroxyl groups excluding tert-OH is 1. The number of β-lactam (4-membered cyclic amide) rings is 1. The van der Waals surface area contributed by atoms with Gasteiger partial charge in [-0.2, -0.15) is 0 Å². The van der Waals surface area contributed by atoms with Gasteiger partial charge in [0.15, 0.2) is 5.70 Å². The maximum absolute atomic E-state index is 12.2. The van der Waals surface area contributed by atoms with Gasteiger partial charge in [0.2, 0.25) is 5.91 Å². The van der Waals surface area contributed by atoms with Crippen LogP contribution in [0.3, 0.4) is 0 Å². The minimum Gasteiger partial charge on any atom is -0.477 e. The quantitative estimate of drug-likeness (QED) is 0.568. The van der Waals surface area contributed by atoms with E-state index in [1.165, 1.54) is 34.0 Å². The minimum atomic E-state index is -1.11. The highest BCUT2D eigenvalue weighted by Crippen LogP contribution is 2.55. The molecule has 2 aliphatic heterocycles. The highest BCUT2D eigenvalue weighted by molar-refractivity contribution is 8.22. The van der Waals surface area contributed by atoms with Crippen LogP contribution < -0.4 is 0 Å². The van der Waals surface area contributed by atoms with Crippen molar-refractivity contribution in [3.63, 3.8) is 0 Å². The van der Waals surface area contributed by atoms with Gasteiger partial charge in [-0.15, -0.1) is 0 Å². The average Bonchev–Trinajstić information content (AvgIpc) is 2.82. The number of carbonyl (C=O) groups is 2. The summed E-state index contributed by atoms with van der Waals surface area (Å²) in [6, 6.07) is 8.05. The lowest BCUT2D eigenvalue weighted by Crippen LogP contribution is -2.60. The van der Waals surface area contributed by atoms with E-state index in [0.29, 0.717) is 4.24 Å². The number of aliphatic carboxylic acids is 1. The number of carbonyl (C=O) groups excluding carboxylic acids is 1. The third kappa shape index (κ3) is 3.64. The molecule has 0 aliphatic carbocycles. The summed E-state index contributed by atoms with van der Waals surface area (Å²) in [7, 11) is 6.38. The van der Waals surface area contributed by atoms with Crippen LogP contribution in [0.1, 0.15) is 12.5 Å². The van der Waals surface area contributed by atoms with Gasteiger partial charge in [0.1, 0.15) is 11.9 Å². The van der Waals surface area contributed by atoms with Crippen molar-refractivity contribution in [2.24, 2.45) is 5.92 Å². The van der Waals surface area contributed by atoms with Gasteiger partial charge in [-0.1, -0.05) is 35.7 Å². The smallest absolute Gasteiger partial charge is 0.354 e. The lowest BCUT2D eigenvalue weighted by atomic mass is 9.92. The molecule has 3 rings (SSSR count). The largest absolute Gasteiger partial charge is 0.477 e. The summed E-state index contributed by atoms with van der Waals surface area (Å²) in [5.41, 5.74) is 1.24. The monoisotopic (exact) mass is 395 g/mol. The number of carboxylic acids is 1. The molecule has 1 aromatic rings. The van der Waals surface area contributed by atoms with E-state index < -0.39 is 18.0 Å². The van der Waals surface area contributed by atoms with Gasteiger partial charge in [-0.25, -0.2) is 4.79 Å². The second kappa shape index (κ2) is 6.92. The molecule has 26 heavy (non-hydrogen) atoms. The van der Waals surface area contributed by atoms with Crippen molar-refractivity contribution in [2.45, 2.75) is 29.8 Å². The van der Waals surface area contributed by atoms with Crippen LogP contribution in [0.5, 0.6) is 0 Å². The van der Waals surface area contributed by atoms with Crippen LogP contribution in [0.2, 0.25) is 0 Å². The van der Waals surface area contributed by atoms with E-state index >= 15 is 0 Å². The summed E-state index contributed by atoms with van der Waals surface area (Å²) in [6.45, 7) is 2.47. The van der Waals surface area contributed by atoms with Gasteiger partial charge < -0.3 is 14.7 Å². The fraction of sp³-hybridized carbons (Fsp3) is 0.444. The minimum absolute atomic E-state index is 0.0299. The van der Waals surface area contributed by atoms with Gasteiger partial charge in [0.05, 0.1) is 37.4 Å². The van der Waals surface area contributed by atoms with Crippen molar-refractivity contribution in [2.75, 3.05) is 21.1 Å². The third-order valence-corrected chi connectivity index (χ3v) is 6.84. The van der Waals surface area contributed by atoms with E-state index in [1.807, 2.05) is 24.3 Å². The normalized spacial score (nSPS) is 23.7. The number of hydrogen-bond donors (Lipinski definition) is 2. The zero-order valence-corrected chi connectivity index (χ0v) is 16.8. The molecule has 0 unspecified atom stereocenters. The Hall–Kier alpha value is -1.48. The van der Waals surface area contributed by atoms with Crippen LogP contribution in [-0.4, -0.2) is 64.1 Å². The predicted octanol–water partition coefficient (Wildman–Crippen LogP) is 2.15. The Labute approximate surface area is 161 Å². The standard InChI is InChI=1S/C18H22N2O4S2/c1-10(21)13-15(22)19-14(17(23)24)18(26-16(13)19)25-12-7-5-11(6-8-12)9-20(2,3)4/h5-8,10,13,16,21H,9H2,1-4H3/p+1/t10-,13+,16-/m1/s1. The lowest BCUT2D eigenvalue weighted by Gasteiger charge is -2.43. The van der Waals surface area contributed by atoms with Crippen molar-refractivity contribution >= 4 is 35.4 Å². The van der Waals surface area contributed by atoms with Crippen molar-refractivity contribution < 1.29 is 24.3 Å². The van der Waals surface area contributed by atoms with E-state index in [9.17, 15) is 19.8 Å². The summed E-state index contributed by atoms with van der Waals surface area (Å²) in [5.74, 6) is -1.97. The van der Waals surface area contributed by atoms with Crippen LogP contribution in [0, 0.1) is 5.92 Å². The third-order valence-electron chi connectivity index (χ3n) is 4.26. The number of nitrogens with zero attached hydrogens (tertiary/aromatic N) is 2. The summed E-state index contributed by atoms with van der Waals surface area (Å²) in [4.78, 5) is 26.1. The first-order valence-electron chi connectivity index (χ1n) is 8.31. The van der Waals surface area contributed by atoms with Crippen molar-refractivity contribution in [1.29, 1.82) is 0 Å². The van der Waals surface area contributed by atoms with Crippen LogP contribution in [0.25, 0.3) is 0 Å². The summed E-state index contributed by atoms with van der Waals surface area (Å²) in [6.07, 6.45) is -0.787. The molecule has 0 saturated carbocycles. The number of thioether (sulfide) groups is 2. The van der Waals surface area contributed by atoms with E-state index in [2.05, 4.69) is 21.1 Å². The summed E-state index contributed by atoms with van der Waals surface area (Å²) in [5, 5.41) is 19.0. The summed E-state index contributed by atoms with van der Waals surface area (Å²) < 4.78 is 1.43. The molecule has 2 aliphatic rings. The highest BCUT2D eigenvalue weighted by atomic mass is 32.2. The first-order chi connectivity index (χ1) is 12.1. The molecule has 1 saturated heterocycles. The zero-order valence-electron chi connectivity index (χ0n) is 15.2. The molecule has 2 N–H and O–H groups in total. The fourth-order valence-electron chi connectivity index (χ4n) is 3.14. The molecule has 0 bridgehead atoms. The number of aliphatic hydroxyl groups is 1. The molecular weight excluding hydrogens is 372 g/mol. The Balaban J connectivity index is 1.79. The van der Waals surface area contributed by atoms with Gasteiger partial charge in [-0.05, 0) is 19.1 Å². The van der Waals surface area contributed by atoms with E-state index in [1.54, 1.807) is 6.92 Å². The number of rotatable bonds is 6. The molecule has 0 radical (unpaired) electrons. The second-order valence-corrected chi connectivity index (χ2v) is 10.1. The molecule has 6 nitrogen and oxygen atoms in total. The van der Waals surface area contributed by atoms with Crippen LogP contribution in [0.15, 0.2) is 39.1 Å². The molecule has 1 amide bonds. The second-order valence-electron chi connectivity index (χ2n) is 7.62. The Kier molecular flexibility index (Phi) is 5.13. The van der Waals surface area contributed by atoms with Crippen LogP contribution >= 0.6 is 23.5 Å². The Morgan fingerprint density at radius 2 is 1.92 bits per heavy atom. The predicted molar refractivity (Wildman–Crippen MR) is 102 cm³/mol. The number of amides is 1. The molecule has 0 aromatic heterocycles. The molecule has 0 spiro atoms. The van der Waals surface area contributed by atoms with Gasteiger partial charge in [-0.3, -0.25) is 9.69 Å². The maximum Gasteiger partial charge on any atom is 0.354 e. The van der Waals surface area contributed by atoms with E-state index in [0.717, 1.165) is 15.9 Å². The number of carboxylic acid groups (broad SMARTS) is 1. The number of fused-ring (bicyclic) bond motifs is 1. The van der Waals surface area contributed by atoms with Crippen molar-refractivity contribution in [3.05, 3.63) is 39.8 Å². The summed E-state index contributed by atoms with van der Waals surface area (Å²) >= 11 is 2.71. The van der Waals surface area contributed by atoms with Crippen LogP contribution in [-0.2, 0) is 16.1 Å². The van der Waals surface area contributed by atoms with Crippen molar-refractivity contribution in [1.82, 2.24) is 4.90 Å². The van der Waals surface area contributed by atoms with Gasteiger partial charge in [0.25, 0.3) is 0 Å². The first kappa shape index (κ1) is 19.3. The number of quaternary nitrogens is 1. The van der Waals surface area contributed by atoms with E-state index in [-0.39, 0.29) is 17.0 Å². The Bertz CT molecular complexity index is 768. The molecule has 1 fully saturated rings. The van der Waals surface area contributed by atoms with Crippen molar-refractivity contribution in [3.8, 4) is 0 Å². The molecule has 140 valence electrons. The zero-order chi connectivity index (χ0) is 19.2. The molecule has 2 heterocycles. The molecular formula is C18H23N2O4S2+. The highest BCUT2D eigenvalue weighted by Gasteiger charge is 2.57. The van der Waals surface area contributed by atoms with Gasteiger partial charge >= 0.3 is 5.97 Å². The number of hydrogen-bond acceptors (Lipinski definition) is 5. The average molecular weight is 396 g/mol.